The van der Waals surface area contributed by atoms with Crippen molar-refractivity contribution in [2.75, 3.05) is 14.1 Å². The van der Waals surface area contributed by atoms with Gasteiger partial charge in [0.2, 0.25) is 0 Å². The molecule has 0 radical (unpaired) electrons. The molecule has 1 aliphatic rings. The molecular formula is C12H12N2. The summed E-state index contributed by atoms with van der Waals surface area (Å²) in [7, 11) is 4.06. The van der Waals surface area contributed by atoms with Crippen molar-refractivity contribution in [3.8, 4) is 6.07 Å². The van der Waals surface area contributed by atoms with Gasteiger partial charge < -0.3 is 4.90 Å². The second-order valence-electron chi connectivity index (χ2n) is 3.63. The number of benzene rings is 1. The van der Waals surface area contributed by atoms with E-state index in [0.29, 0.717) is 0 Å². The summed E-state index contributed by atoms with van der Waals surface area (Å²) in [5.41, 5.74) is 4.39. The highest BCUT2D eigenvalue weighted by molar-refractivity contribution is 5.73. The lowest BCUT2D eigenvalue weighted by Crippen LogP contribution is -2.08. The predicted octanol–water partition coefficient (Wildman–Crippen LogP) is 2.02. The topological polar surface area (TPSA) is 27.0 Å². The molecule has 0 unspecified atom stereocenters. The summed E-state index contributed by atoms with van der Waals surface area (Å²) >= 11 is 0. The first-order chi connectivity index (χ1) is 6.74. The van der Waals surface area contributed by atoms with Crippen molar-refractivity contribution in [3.05, 3.63) is 41.0 Å². The fourth-order valence-corrected chi connectivity index (χ4v) is 1.88. The van der Waals surface area contributed by atoms with Crippen LogP contribution in [0.3, 0.4) is 0 Å². The Kier molecular flexibility index (Phi) is 2.01. The number of hydrogen-bond donors (Lipinski definition) is 0. The Morgan fingerprint density at radius 2 is 2.14 bits per heavy atom. The van der Waals surface area contributed by atoms with Crippen molar-refractivity contribution in [2.45, 2.75) is 6.42 Å². The molecule has 14 heavy (non-hydrogen) atoms. The number of nitriles is 1. The summed E-state index contributed by atoms with van der Waals surface area (Å²) in [6.45, 7) is 0. The van der Waals surface area contributed by atoms with Gasteiger partial charge in [-0.25, -0.2) is 0 Å². The zero-order valence-corrected chi connectivity index (χ0v) is 8.41. The van der Waals surface area contributed by atoms with Gasteiger partial charge in [0.15, 0.2) is 0 Å². The first-order valence-electron chi connectivity index (χ1n) is 4.64. The predicted molar refractivity (Wildman–Crippen MR) is 56.5 cm³/mol. The van der Waals surface area contributed by atoms with Crippen molar-refractivity contribution < 1.29 is 0 Å². The van der Waals surface area contributed by atoms with Gasteiger partial charge in [0.05, 0.1) is 11.6 Å². The normalized spacial score (nSPS) is 13.1. The summed E-state index contributed by atoms with van der Waals surface area (Å²) < 4.78 is 0. The highest BCUT2D eigenvalue weighted by atomic mass is 15.1. The van der Waals surface area contributed by atoms with Gasteiger partial charge in [-0.15, -0.1) is 0 Å². The van der Waals surface area contributed by atoms with Crippen LogP contribution in [-0.2, 0) is 6.42 Å². The quantitative estimate of drug-likeness (QED) is 0.667. The zero-order valence-electron chi connectivity index (χ0n) is 8.41. The van der Waals surface area contributed by atoms with Crippen molar-refractivity contribution >= 4 is 5.70 Å². The van der Waals surface area contributed by atoms with E-state index in [1.807, 2.05) is 26.2 Å². The average molecular weight is 184 g/mol. The molecule has 1 aromatic rings. The van der Waals surface area contributed by atoms with Crippen molar-refractivity contribution in [2.24, 2.45) is 0 Å². The van der Waals surface area contributed by atoms with E-state index in [1.54, 1.807) is 0 Å². The van der Waals surface area contributed by atoms with E-state index in [2.05, 4.69) is 23.1 Å². The van der Waals surface area contributed by atoms with Crippen LogP contribution in [0.2, 0.25) is 0 Å². The van der Waals surface area contributed by atoms with E-state index in [0.717, 1.165) is 12.0 Å². The number of hydrogen-bond acceptors (Lipinski definition) is 2. The van der Waals surface area contributed by atoms with E-state index < -0.39 is 0 Å². The SMILES string of the molecule is CN(C)C1=CCc2c(C#N)cccc21. The summed E-state index contributed by atoms with van der Waals surface area (Å²) in [6.07, 6.45) is 3.05. The van der Waals surface area contributed by atoms with Crippen LogP contribution in [0.4, 0.5) is 0 Å². The second-order valence-corrected chi connectivity index (χ2v) is 3.63. The Morgan fingerprint density at radius 3 is 2.79 bits per heavy atom. The van der Waals surface area contributed by atoms with Gasteiger partial charge in [-0.3, -0.25) is 0 Å². The molecule has 0 saturated heterocycles. The summed E-state index contributed by atoms with van der Waals surface area (Å²) in [4.78, 5) is 2.09. The Labute approximate surface area is 84.1 Å². The van der Waals surface area contributed by atoms with Gasteiger partial charge in [0, 0.05) is 25.4 Å². The molecule has 0 heterocycles. The van der Waals surface area contributed by atoms with Crippen molar-refractivity contribution in [1.29, 1.82) is 5.26 Å². The van der Waals surface area contributed by atoms with Gasteiger partial charge in [-0.2, -0.15) is 5.26 Å². The molecule has 0 fully saturated rings. The van der Waals surface area contributed by atoms with Crippen LogP contribution in [-0.4, -0.2) is 19.0 Å². The maximum Gasteiger partial charge on any atom is 0.0994 e. The van der Waals surface area contributed by atoms with E-state index in [4.69, 9.17) is 5.26 Å². The number of nitrogens with zero attached hydrogens (tertiary/aromatic N) is 2. The Bertz CT molecular complexity index is 436. The van der Waals surface area contributed by atoms with Crippen LogP contribution in [0, 0.1) is 11.3 Å². The van der Waals surface area contributed by atoms with Gasteiger partial charge in [-0.1, -0.05) is 18.2 Å². The molecule has 1 aromatic carbocycles. The largest absolute Gasteiger partial charge is 0.377 e. The lowest BCUT2D eigenvalue weighted by Gasteiger charge is -2.15. The Hall–Kier alpha value is -1.75. The van der Waals surface area contributed by atoms with E-state index >= 15 is 0 Å². The van der Waals surface area contributed by atoms with E-state index in [9.17, 15) is 0 Å². The van der Waals surface area contributed by atoms with E-state index in [-0.39, 0.29) is 0 Å². The molecule has 2 heteroatoms. The molecule has 2 nitrogen and oxygen atoms in total. The van der Waals surface area contributed by atoms with Crippen molar-refractivity contribution in [1.82, 2.24) is 4.90 Å². The van der Waals surface area contributed by atoms with Crippen LogP contribution in [0.5, 0.6) is 0 Å². The maximum absolute atomic E-state index is 8.94. The van der Waals surface area contributed by atoms with Crippen LogP contribution < -0.4 is 0 Å². The first-order valence-corrected chi connectivity index (χ1v) is 4.64. The lowest BCUT2D eigenvalue weighted by atomic mass is 10.0. The molecule has 2 rings (SSSR count). The highest BCUT2D eigenvalue weighted by Crippen LogP contribution is 2.30. The Balaban J connectivity index is 2.54. The molecule has 0 saturated carbocycles. The third kappa shape index (κ3) is 1.18. The summed E-state index contributed by atoms with van der Waals surface area (Å²) in [6, 6.07) is 8.14. The fraction of sp³-hybridized carbons (Fsp3) is 0.250. The summed E-state index contributed by atoms with van der Waals surface area (Å²) in [5.74, 6) is 0. The average Bonchev–Trinajstić information content (AvgIpc) is 2.60. The first kappa shape index (κ1) is 8.83. The van der Waals surface area contributed by atoms with Gasteiger partial charge in [0.1, 0.15) is 0 Å². The lowest BCUT2D eigenvalue weighted by molar-refractivity contribution is 0.593. The van der Waals surface area contributed by atoms with Crippen LogP contribution in [0.15, 0.2) is 24.3 Å². The van der Waals surface area contributed by atoms with Gasteiger partial charge in [0.25, 0.3) is 0 Å². The summed E-state index contributed by atoms with van der Waals surface area (Å²) in [5, 5.41) is 8.94. The van der Waals surface area contributed by atoms with Gasteiger partial charge in [-0.05, 0) is 18.1 Å². The molecular weight excluding hydrogens is 172 g/mol. The molecule has 70 valence electrons. The molecule has 0 bridgehead atoms. The monoisotopic (exact) mass is 184 g/mol. The standard InChI is InChI=1S/C12H12N2/c1-14(2)12-7-6-10-9(8-13)4-3-5-11(10)12/h3-5,7H,6H2,1-2H3. The van der Waals surface area contributed by atoms with Crippen LogP contribution in [0.1, 0.15) is 16.7 Å². The number of rotatable bonds is 1. The Morgan fingerprint density at radius 1 is 1.36 bits per heavy atom. The van der Waals surface area contributed by atoms with Gasteiger partial charge >= 0.3 is 0 Å². The minimum atomic E-state index is 0.801. The third-order valence-electron chi connectivity index (χ3n) is 2.55. The molecule has 0 amide bonds. The van der Waals surface area contributed by atoms with Crippen LogP contribution >= 0.6 is 0 Å². The molecule has 0 spiro atoms. The molecule has 0 N–H and O–H groups in total. The molecule has 0 aromatic heterocycles. The minimum Gasteiger partial charge on any atom is -0.377 e. The van der Waals surface area contributed by atoms with Crippen molar-refractivity contribution in [3.63, 3.8) is 0 Å². The molecule has 0 aliphatic heterocycles. The maximum atomic E-state index is 8.94. The number of allylic oxidation sites excluding steroid dienone is 1. The molecule has 1 aliphatic carbocycles. The third-order valence-corrected chi connectivity index (χ3v) is 2.55. The number of fused-ring (bicyclic) bond motifs is 1. The van der Waals surface area contributed by atoms with E-state index in [1.165, 1.54) is 16.8 Å². The smallest absolute Gasteiger partial charge is 0.0994 e. The van der Waals surface area contributed by atoms with Crippen LogP contribution in [0.25, 0.3) is 5.70 Å². The minimum absolute atomic E-state index is 0.801. The highest BCUT2D eigenvalue weighted by Gasteiger charge is 2.17. The fourth-order valence-electron chi connectivity index (χ4n) is 1.88. The zero-order chi connectivity index (χ0) is 10.1. The second kappa shape index (κ2) is 3.19. The molecule has 0 atom stereocenters.